The molecule has 0 unspecified atom stereocenters. The van der Waals surface area contributed by atoms with E-state index in [4.69, 9.17) is 18.9 Å². The Kier molecular flexibility index (Phi) is 5.25. The molecule has 3 aliphatic rings. The molecular weight excluding hydrogens is 410 g/mol. The number of methoxy groups -OCH3 is 1. The third-order valence-corrected chi connectivity index (χ3v) is 6.27. The maximum atomic E-state index is 12.8. The number of likely N-dealkylation sites (tertiary alicyclic amines) is 1. The Labute approximate surface area is 186 Å². The lowest BCUT2D eigenvalue weighted by molar-refractivity contribution is -0.129. The fourth-order valence-electron chi connectivity index (χ4n) is 4.45. The summed E-state index contributed by atoms with van der Waals surface area (Å²) in [5.74, 6) is 2.67. The van der Waals surface area contributed by atoms with Crippen LogP contribution in [0.1, 0.15) is 35.2 Å². The van der Waals surface area contributed by atoms with Gasteiger partial charge in [-0.05, 0) is 42.0 Å². The normalized spacial score (nSPS) is 18.9. The molecule has 0 N–H and O–H groups in total. The van der Waals surface area contributed by atoms with Crippen molar-refractivity contribution in [2.75, 3.05) is 33.4 Å². The van der Waals surface area contributed by atoms with Gasteiger partial charge in [-0.3, -0.25) is 9.59 Å². The van der Waals surface area contributed by atoms with E-state index in [1.165, 1.54) is 0 Å². The van der Waals surface area contributed by atoms with E-state index in [0.717, 1.165) is 11.3 Å². The summed E-state index contributed by atoms with van der Waals surface area (Å²) >= 11 is 0. The van der Waals surface area contributed by atoms with Crippen molar-refractivity contribution in [1.29, 1.82) is 0 Å². The fraction of sp³-hybridized carbons (Fsp3) is 0.360. The molecule has 0 aliphatic carbocycles. The second-order valence-electron chi connectivity index (χ2n) is 8.31. The number of amides is 1. The highest BCUT2D eigenvalue weighted by molar-refractivity contribution is 6.00. The summed E-state index contributed by atoms with van der Waals surface area (Å²) < 4.78 is 22.6. The standard InChI is InChI=1S/C25H25NO6/c1-29-18-4-6-21-19(15-18)20(27)16-25(32-21)8-10-26(11-9-25)24(28)7-3-17-2-5-22-23(14-17)31-13-12-30-22/h2-7,14-15H,8-13,16H2,1H3/b7-3-. The third kappa shape index (κ3) is 3.90. The number of ketones is 1. The van der Waals surface area contributed by atoms with Gasteiger partial charge in [0.05, 0.1) is 19.1 Å². The first-order valence-corrected chi connectivity index (χ1v) is 10.8. The van der Waals surface area contributed by atoms with Crippen molar-refractivity contribution < 1.29 is 28.5 Å². The number of hydrogen-bond acceptors (Lipinski definition) is 6. The van der Waals surface area contributed by atoms with Crippen molar-refractivity contribution in [2.24, 2.45) is 0 Å². The maximum absolute atomic E-state index is 12.8. The highest BCUT2D eigenvalue weighted by Gasteiger charge is 2.43. The third-order valence-electron chi connectivity index (χ3n) is 6.27. The van der Waals surface area contributed by atoms with Crippen LogP contribution < -0.4 is 18.9 Å². The predicted octanol–water partition coefficient (Wildman–Crippen LogP) is 3.51. The van der Waals surface area contributed by atoms with Crippen molar-refractivity contribution in [3.63, 3.8) is 0 Å². The second-order valence-corrected chi connectivity index (χ2v) is 8.31. The average Bonchev–Trinajstić information content (AvgIpc) is 2.82. The van der Waals surface area contributed by atoms with Gasteiger partial charge in [-0.2, -0.15) is 0 Å². The average molecular weight is 435 g/mol. The summed E-state index contributed by atoms with van der Waals surface area (Å²) in [6.45, 7) is 2.16. The van der Waals surface area contributed by atoms with Crippen LogP contribution in [0.25, 0.3) is 6.08 Å². The van der Waals surface area contributed by atoms with Crippen LogP contribution in [0.3, 0.4) is 0 Å². The van der Waals surface area contributed by atoms with Crippen LogP contribution in [0.4, 0.5) is 0 Å². The van der Waals surface area contributed by atoms with Crippen molar-refractivity contribution in [3.8, 4) is 23.0 Å². The minimum Gasteiger partial charge on any atom is -0.497 e. The lowest BCUT2D eigenvalue weighted by Gasteiger charge is -2.43. The molecule has 3 heterocycles. The smallest absolute Gasteiger partial charge is 0.246 e. The number of carbonyl (C=O) groups is 2. The minimum atomic E-state index is -0.547. The van der Waals surface area contributed by atoms with Gasteiger partial charge in [0.15, 0.2) is 17.3 Å². The van der Waals surface area contributed by atoms with E-state index in [1.54, 1.807) is 42.4 Å². The number of piperidine rings is 1. The Hall–Kier alpha value is -3.48. The Balaban J connectivity index is 1.22. The molecule has 2 aromatic carbocycles. The first-order chi connectivity index (χ1) is 15.5. The lowest BCUT2D eigenvalue weighted by Crippen LogP contribution is -2.52. The number of hydrogen-bond donors (Lipinski definition) is 0. The lowest BCUT2D eigenvalue weighted by atomic mass is 9.82. The van der Waals surface area contributed by atoms with Gasteiger partial charge < -0.3 is 23.8 Å². The van der Waals surface area contributed by atoms with E-state index in [1.807, 2.05) is 18.2 Å². The number of nitrogens with zero attached hydrogens (tertiary/aromatic N) is 1. The summed E-state index contributed by atoms with van der Waals surface area (Å²) in [5.41, 5.74) is 0.898. The van der Waals surface area contributed by atoms with Crippen LogP contribution in [-0.2, 0) is 4.79 Å². The predicted molar refractivity (Wildman–Crippen MR) is 118 cm³/mol. The molecule has 1 amide bonds. The molecule has 0 radical (unpaired) electrons. The molecule has 0 bridgehead atoms. The molecule has 5 rings (SSSR count). The molecule has 7 nitrogen and oxygen atoms in total. The zero-order chi connectivity index (χ0) is 22.1. The Morgan fingerprint density at radius 2 is 1.78 bits per heavy atom. The van der Waals surface area contributed by atoms with Crippen LogP contribution in [0.5, 0.6) is 23.0 Å². The summed E-state index contributed by atoms with van der Waals surface area (Å²) in [6, 6.07) is 10.9. The summed E-state index contributed by atoms with van der Waals surface area (Å²) in [4.78, 5) is 27.3. The van der Waals surface area contributed by atoms with Gasteiger partial charge in [-0.15, -0.1) is 0 Å². The Morgan fingerprint density at radius 1 is 1.03 bits per heavy atom. The number of ether oxygens (including phenoxy) is 4. The molecule has 2 aromatic rings. The summed E-state index contributed by atoms with van der Waals surface area (Å²) in [7, 11) is 1.58. The molecule has 7 heteroatoms. The van der Waals surface area contributed by atoms with Gasteiger partial charge in [0, 0.05) is 32.0 Å². The van der Waals surface area contributed by atoms with Gasteiger partial charge in [-0.25, -0.2) is 0 Å². The van der Waals surface area contributed by atoms with E-state index >= 15 is 0 Å². The molecule has 1 fully saturated rings. The highest BCUT2D eigenvalue weighted by Crippen LogP contribution is 2.40. The van der Waals surface area contributed by atoms with Gasteiger partial charge in [0.1, 0.15) is 30.3 Å². The molecule has 0 saturated carbocycles. The molecule has 1 saturated heterocycles. The first-order valence-electron chi connectivity index (χ1n) is 10.8. The SMILES string of the molecule is COc1ccc2c(c1)C(=O)CC1(CCN(C(=O)/C=C\c3ccc4c(c3)OCCO4)CC1)O2. The van der Waals surface area contributed by atoms with Crippen LogP contribution in [0, 0.1) is 0 Å². The summed E-state index contributed by atoms with van der Waals surface area (Å²) in [5, 5.41) is 0. The quantitative estimate of drug-likeness (QED) is 0.687. The largest absolute Gasteiger partial charge is 0.497 e. The van der Waals surface area contributed by atoms with Crippen LogP contribution in [-0.4, -0.2) is 55.6 Å². The highest BCUT2D eigenvalue weighted by atomic mass is 16.6. The maximum Gasteiger partial charge on any atom is 0.246 e. The number of fused-ring (bicyclic) bond motifs is 2. The topological polar surface area (TPSA) is 74.3 Å². The number of rotatable bonds is 3. The van der Waals surface area contributed by atoms with E-state index in [2.05, 4.69) is 0 Å². The molecule has 0 atom stereocenters. The monoisotopic (exact) mass is 435 g/mol. The van der Waals surface area contributed by atoms with E-state index in [-0.39, 0.29) is 11.7 Å². The van der Waals surface area contributed by atoms with E-state index in [9.17, 15) is 9.59 Å². The molecule has 3 aliphatic heterocycles. The number of carbonyl (C=O) groups excluding carboxylic acids is 2. The van der Waals surface area contributed by atoms with Crippen LogP contribution >= 0.6 is 0 Å². The zero-order valence-corrected chi connectivity index (χ0v) is 18.0. The molecule has 32 heavy (non-hydrogen) atoms. The van der Waals surface area contributed by atoms with Crippen LogP contribution in [0.15, 0.2) is 42.5 Å². The minimum absolute atomic E-state index is 0.0537. The first kappa shape index (κ1) is 20.4. The van der Waals surface area contributed by atoms with E-state index < -0.39 is 5.60 Å². The number of benzene rings is 2. The molecule has 1 spiro atoms. The van der Waals surface area contributed by atoms with Crippen molar-refractivity contribution in [2.45, 2.75) is 24.9 Å². The molecule has 0 aromatic heterocycles. The number of Topliss-reactive ketones (excluding diaryl/α,β-unsaturated/α-hetero) is 1. The van der Waals surface area contributed by atoms with Gasteiger partial charge >= 0.3 is 0 Å². The Morgan fingerprint density at radius 3 is 2.56 bits per heavy atom. The molecular formula is C25H25NO6. The van der Waals surface area contributed by atoms with Crippen molar-refractivity contribution >= 4 is 17.8 Å². The van der Waals surface area contributed by atoms with Crippen LogP contribution in [0.2, 0.25) is 0 Å². The van der Waals surface area contributed by atoms with Gasteiger partial charge in [-0.1, -0.05) is 6.07 Å². The van der Waals surface area contributed by atoms with Crippen molar-refractivity contribution in [1.82, 2.24) is 4.90 Å². The van der Waals surface area contributed by atoms with Gasteiger partial charge in [0.2, 0.25) is 5.91 Å². The van der Waals surface area contributed by atoms with Crippen molar-refractivity contribution in [3.05, 3.63) is 53.6 Å². The Bertz CT molecular complexity index is 1080. The van der Waals surface area contributed by atoms with E-state index in [0.29, 0.717) is 68.4 Å². The van der Waals surface area contributed by atoms with Gasteiger partial charge in [0.25, 0.3) is 0 Å². The second kappa shape index (κ2) is 8.22. The zero-order valence-electron chi connectivity index (χ0n) is 18.0. The summed E-state index contributed by atoms with van der Waals surface area (Å²) in [6.07, 6.45) is 4.93. The fourth-order valence-corrected chi connectivity index (χ4v) is 4.45. The molecule has 166 valence electrons.